The van der Waals surface area contributed by atoms with Gasteiger partial charge in [-0.15, -0.1) is 0 Å². The second-order valence-electron chi connectivity index (χ2n) is 18.0. The highest BCUT2D eigenvalue weighted by molar-refractivity contribution is 5.38. The Morgan fingerprint density at radius 2 is 0.464 bits per heavy atom. The van der Waals surface area contributed by atoms with Crippen LogP contribution in [0.5, 0.6) is 11.5 Å². The first kappa shape index (κ1) is 52.8. The van der Waals surface area contributed by atoms with Gasteiger partial charge in [0.1, 0.15) is 11.5 Å². The number of hydrogen-bond donors (Lipinski definition) is 0. The number of rotatable bonds is 47. The average molecular weight is 783 g/mol. The fraction of sp³-hybridized carbons (Fsp3) is 0.889. The number of aryl methyl sites for hydroxylation is 1. The van der Waals surface area contributed by atoms with Gasteiger partial charge in [0, 0.05) is 6.07 Å². The lowest BCUT2D eigenvalue weighted by molar-refractivity contribution is 0.289. The van der Waals surface area contributed by atoms with E-state index >= 15 is 0 Å². The van der Waals surface area contributed by atoms with Crippen molar-refractivity contribution in [3.63, 3.8) is 0 Å². The van der Waals surface area contributed by atoms with Crippen molar-refractivity contribution in [1.82, 2.24) is 0 Å². The van der Waals surface area contributed by atoms with Crippen molar-refractivity contribution in [3.05, 3.63) is 23.8 Å². The Labute approximate surface area is 353 Å². The SMILES string of the molecule is CCCCCCCCCCCCCCCCCCCCCCOc1cc(CCCC)cc(OCCCCCCCCCCCCCCCCCCCCCC)c1. The molecule has 330 valence electrons. The third-order valence-corrected chi connectivity index (χ3v) is 12.3. The van der Waals surface area contributed by atoms with Crippen molar-refractivity contribution in [1.29, 1.82) is 0 Å². The highest BCUT2D eigenvalue weighted by Gasteiger charge is 2.05. The van der Waals surface area contributed by atoms with Crippen molar-refractivity contribution in [2.75, 3.05) is 13.2 Å². The van der Waals surface area contributed by atoms with Crippen LogP contribution in [0.25, 0.3) is 0 Å². The molecule has 0 aliphatic carbocycles. The molecule has 2 nitrogen and oxygen atoms in total. The van der Waals surface area contributed by atoms with Crippen LogP contribution in [0.4, 0.5) is 0 Å². The van der Waals surface area contributed by atoms with Crippen LogP contribution in [0.15, 0.2) is 18.2 Å². The lowest BCUT2D eigenvalue weighted by atomic mass is 10.0. The largest absolute Gasteiger partial charge is 0.493 e. The van der Waals surface area contributed by atoms with E-state index in [4.69, 9.17) is 9.47 Å². The second-order valence-corrected chi connectivity index (χ2v) is 18.0. The monoisotopic (exact) mass is 783 g/mol. The van der Waals surface area contributed by atoms with E-state index in [0.29, 0.717) is 0 Å². The molecule has 0 aliphatic rings. The average Bonchev–Trinajstić information content (AvgIpc) is 3.21. The second kappa shape index (κ2) is 44.9. The number of ether oxygens (including phenoxy) is 2. The van der Waals surface area contributed by atoms with Gasteiger partial charge in [-0.2, -0.15) is 0 Å². The van der Waals surface area contributed by atoms with Crippen LogP contribution in [0.2, 0.25) is 0 Å². The normalized spacial score (nSPS) is 11.5. The van der Waals surface area contributed by atoms with Crippen LogP contribution in [0.3, 0.4) is 0 Å². The summed E-state index contributed by atoms with van der Waals surface area (Å²) in [5.41, 5.74) is 1.37. The molecule has 0 amide bonds. The number of unbranched alkanes of at least 4 members (excludes halogenated alkanes) is 39. The Balaban J connectivity index is 1.97. The maximum Gasteiger partial charge on any atom is 0.123 e. The van der Waals surface area contributed by atoms with Gasteiger partial charge in [-0.05, 0) is 43.4 Å². The molecule has 0 bridgehead atoms. The first-order valence-electron chi connectivity index (χ1n) is 26.2. The van der Waals surface area contributed by atoms with Crippen LogP contribution < -0.4 is 9.47 Å². The molecule has 1 aromatic carbocycles. The third kappa shape index (κ3) is 38.3. The molecule has 56 heavy (non-hydrogen) atoms. The van der Waals surface area contributed by atoms with E-state index in [0.717, 1.165) is 44.0 Å². The van der Waals surface area contributed by atoms with Gasteiger partial charge in [0.2, 0.25) is 0 Å². The van der Waals surface area contributed by atoms with Crippen LogP contribution in [0, 0.1) is 0 Å². The molecule has 0 saturated heterocycles. The van der Waals surface area contributed by atoms with E-state index in [1.807, 2.05) is 0 Å². The minimum Gasteiger partial charge on any atom is -0.493 e. The molecular weight excluding hydrogens is 681 g/mol. The molecule has 0 unspecified atom stereocenters. The molecule has 0 spiro atoms. The summed E-state index contributed by atoms with van der Waals surface area (Å²) in [6, 6.07) is 6.66. The van der Waals surface area contributed by atoms with Crippen molar-refractivity contribution < 1.29 is 9.47 Å². The molecule has 0 heterocycles. The smallest absolute Gasteiger partial charge is 0.123 e. The summed E-state index contributed by atoms with van der Waals surface area (Å²) >= 11 is 0. The molecule has 1 rings (SSSR count). The topological polar surface area (TPSA) is 18.5 Å². The van der Waals surface area contributed by atoms with Crippen LogP contribution in [-0.2, 0) is 6.42 Å². The zero-order valence-electron chi connectivity index (χ0n) is 38.9. The van der Waals surface area contributed by atoms with Gasteiger partial charge >= 0.3 is 0 Å². The molecule has 0 fully saturated rings. The Bertz CT molecular complexity index is 815. The predicted molar refractivity (Wildman–Crippen MR) is 252 cm³/mol. The number of hydrogen-bond acceptors (Lipinski definition) is 2. The summed E-state index contributed by atoms with van der Waals surface area (Å²) in [5, 5.41) is 0. The van der Waals surface area contributed by atoms with Gasteiger partial charge < -0.3 is 9.47 Å². The van der Waals surface area contributed by atoms with Crippen LogP contribution >= 0.6 is 0 Å². The minimum atomic E-state index is 0.828. The van der Waals surface area contributed by atoms with Gasteiger partial charge in [0.05, 0.1) is 13.2 Å². The summed E-state index contributed by atoms with van der Waals surface area (Å²) in [6.07, 6.45) is 60.4. The van der Waals surface area contributed by atoms with E-state index in [-0.39, 0.29) is 0 Å². The third-order valence-electron chi connectivity index (χ3n) is 12.3. The molecule has 0 aliphatic heterocycles. The van der Waals surface area contributed by atoms with Crippen LogP contribution in [0.1, 0.15) is 296 Å². The van der Waals surface area contributed by atoms with E-state index in [2.05, 4.69) is 39.0 Å². The standard InChI is InChI=1S/C54H102O2/c1-4-7-10-12-14-16-18-20-22-24-26-28-30-32-34-36-38-40-42-44-47-55-53-49-52(46-9-6-3)50-54(51-53)56-48-45-43-41-39-37-35-33-31-29-27-25-23-21-19-17-15-13-11-8-5-2/h49-51H,4-48H2,1-3H3. The molecule has 0 atom stereocenters. The highest BCUT2D eigenvalue weighted by Crippen LogP contribution is 2.25. The summed E-state index contributed by atoms with van der Waals surface area (Å²) in [4.78, 5) is 0. The molecule has 1 aromatic rings. The van der Waals surface area contributed by atoms with Gasteiger partial charge in [-0.3, -0.25) is 0 Å². The van der Waals surface area contributed by atoms with Crippen molar-refractivity contribution in [2.24, 2.45) is 0 Å². The quantitative estimate of drug-likeness (QED) is 0.0613. The molecule has 0 N–H and O–H groups in total. The first-order valence-corrected chi connectivity index (χ1v) is 26.2. The zero-order valence-corrected chi connectivity index (χ0v) is 38.9. The van der Waals surface area contributed by atoms with E-state index in [1.54, 1.807) is 0 Å². The maximum absolute atomic E-state index is 6.27. The molecular formula is C54H102O2. The van der Waals surface area contributed by atoms with Gasteiger partial charge in [0.15, 0.2) is 0 Å². The van der Waals surface area contributed by atoms with Gasteiger partial charge in [-0.1, -0.05) is 271 Å². The molecule has 2 heteroatoms. The van der Waals surface area contributed by atoms with E-state index in [1.165, 1.54) is 262 Å². The lowest BCUT2D eigenvalue weighted by Gasteiger charge is -2.13. The van der Waals surface area contributed by atoms with Gasteiger partial charge in [0.25, 0.3) is 0 Å². The zero-order chi connectivity index (χ0) is 40.1. The molecule has 0 radical (unpaired) electrons. The van der Waals surface area contributed by atoms with Gasteiger partial charge in [-0.25, -0.2) is 0 Å². The predicted octanol–water partition coefficient (Wildman–Crippen LogP) is 19.4. The fourth-order valence-corrected chi connectivity index (χ4v) is 8.42. The van der Waals surface area contributed by atoms with E-state index in [9.17, 15) is 0 Å². The van der Waals surface area contributed by atoms with Crippen molar-refractivity contribution in [2.45, 2.75) is 297 Å². The Hall–Kier alpha value is -1.18. The summed E-state index contributed by atoms with van der Waals surface area (Å²) in [5.74, 6) is 2.02. The first-order chi connectivity index (χ1) is 27.8. The van der Waals surface area contributed by atoms with E-state index < -0.39 is 0 Å². The fourth-order valence-electron chi connectivity index (χ4n) is 8.42. The highest BCUT2D eigenvalue weighted by atomic mass is 16.5. The molecule has 0 aromatic heterocycles. The van der Waals surface area contributed by atoms with Crippen molar-refractivity contribution >= 4 is 0 Å². The number of benzene rings is 1. The van der Waals surface area contributed by atoms with Crippen molar-refractivity contribution in [3.8, 4) is 11.5 Å². The summed E-state index contributed by atoms with van der Waals surface area (Å²) in [7, 11) is 0. The Morgan fingerprint density at radius 1 is 0.250 bits per heavy atom. The Kier molecular flexibility index (Phi) is 42.4. The summed E-state index contributed by atoms with van der Waals surface area (Å²) in [6.45, 7) is 8.55. The lowest BCUT2D eigenvalue weighted by Crippen LogP contribution is -2.01. The Morgan fingerprint density at radius 3 is 0.696 bits per heavy atom. The van der Waals surface area contributed by atoms with Crippen LogP contribution in [-0.4, -0.2) is 13.2 Å². The molecule has 0 saturated carbocycles. The maximum atomic E-state index is 6.27. The summed E-state index contributed by atoms with van der Waals surface area (Å²) < 4.78 is 12.5. The minimum absolute atomic E-state index is 0.828.